The van der Waals surface area contributed by atoms with Gasteiger partial charge in [0, 0.05) is 42.3 Å². The maximum absolute atomic E-state index is 15.3. The van der Waals surface area contributed by atoms with Crippen LogP contribution in [0.5, 0.6) is 0 Å². The van der Waals surface area contributed by atoms with Crippen LogP contribution in [-0.2, 0) is 57.5 Å². The van der Waals surface area contributed by atoms with E-state index in [9.17, 15) is 71.3 Å². The van der Waals surface area contributed by atoms with E-state index in [1.807, 2.05) is 27.7 Å². The SMILES string of the molecule is C/C=C/C[C@@H](C)[C@@H](O)[C@H]1C(=O)N[C@@H](C(C)O)C(=O)N(C)CC(=O)N(C)[C@@H](CC(C)C)C(=O)N[C@@H](CC(C)C)C(=O)N(C)[C@@H](CC(C)C)C(=O)N[C@@H](C)C(=O)N[C@H](C)C(=O)N(C)[C@@H](C[C@H](C)COC(=O)NCC(F)(F)F)C(=O)N[C@@H](CC(C)C)C(=O)N(C)[C@@H](CC(C)C)C(=O)N1C. The number of nitrogens with zero attached hydrogens (tertiary/aromatic N) is 6. The molecule has 1 rings (SSSR count). The van der Waals surface area contributed by atoms with Crippen LogP contribution in [0.3, 0.4) is 0 Å². The van der Waals surface area contributed by atoms with Crippen molar-refractivity contribution < 1.29 is 85.7 Å². The molecule has 0 spiro atoms. The average molecular weight is 1370 g/mol. The van der Waals surface area contributed by atoms with Gasteiger partial charge < -0.3 is 76.3 Å². The van der Waals surface area contributed by atoms with E-state index in [1.165, 1.54) is 74.9 Å². The van der Waals surface area contributed by atoms with E-state index in [0.29, 0.717) is 0 Å². The summed E-state index contributed by atoms with van der Waals surface area (Å²) in [5.74, 6) is -12.4. The number of halogens is 3. The quantitative estimate of drug-likeness (QED) is 0.0813. The molecular formula is C66H115F3N12O15. The maximum Gasteiger partial charge on any atom is 0.407 e. The van der Waals surface area contributed by atoms with Crippen molar-refractivity contribution in [2.24, 2.45) is 41.4 Å². The van der Waals surface area contributed by atoms with Gasteiger partial charge in [0.25, 0.3) is 0 Å². The van der Waals surface area contributed by atoms with Gasteiger partial charge in [0.15, 0.2) is 0 Å². The Balaban J connectivity index is 4.46. The maximum atomic E-state index is 15.3. The molecule has 96 heavy (non-hydrogen) atoms. The number of nitrogens with one attached hydrogen (secondary N) is 6. The summed E-state index contributed by atoms with van der Waals surface area (Å²) in [6.45, 7) is 23.5. The number of alkyl halides is 3. The summed E-state index contributed by atoms with van der Waals surface area (Å²) in [5, 5.41) is 38.2. The Kier molecular flexibility index (Phi) is 36.2. The van der Waals surface area contributed by atoms with E-state index in [0.717, 1.165) is 24.5 Å². The molecule has 0 aromatic carbocycles. The highest BCUT2D eigenvalue weighted by Crippen LogP contribution is 2.25. The van der Waals surface area contributed by atoms with Gasteiger partial charge >= 0.3 is 12.3 Å². The summed E-state index contributed by atoms with van der Waals surface area (Å²) in [4.78, 5) is 180. The van der Waals surface area contributed by atoms with Crippen LogP contribution in [0, 0.1) is 41.4 Å². The van der Waals surface area contributed by atoms with Gasteiger partial charge in [-0.1, -0.05) is 95.2 Å². The van der Waals surface area contributed by atoms with E-state index in [2.05, 4.69) is 26.6 Å². The molecule has 0 aromatic heterocycles. The molecule has 1 aliphatic heterocycles. The topological polar surface area (TPSA) is 346 Å². The minimum Gasteiger partial charge on any atom is -0.449 e. The van der Waals surface area contributed by atoms with Gasteiger partial charge in [0.05, 0.1) is 25.4 Å². The zero-order valence-electron chi connectivity index (χ0n) is 60.7. The lowest BCUT2D eigenvalue weighted by Gasteiger charge is -2.39. The first-order chi connectivity index (χ1) is 44.2. The van der Waals surface area contributed by atoms with Crippen LogP contribution in [0.1, 0.15) is 156 Å². The predicted molar refractivity (Wildman–Crippen MR) is 354 cm³/mol. The molecule has 1 aliphatic rings. The van der Waals surface area contributed by atoms with Gasteiger partial charge in [-0.25, -0.2) is 4.79 Å². The number of allylic oxidation sites excluding steroid dienone is 2. The molecule has 1 saturated heterocycles. The van der Waals surface area contributed by atoms with E-state index in [1.54, 1.807) is 72.9 Å². The van der Waals surface area contributed by atoms with E-state index < -0.39 is 181 Å². The van der Waals surface area contributed by atoms with Crippen LogP contribution in [0.4, 0.5) is 18.0 Å². The first-order valence-corrected chi connectivity index (χ1v) is 33.2. The molecule has 27 nitrogen and oxygen atoms in total. The molecule has 550 valence electrons. The van der Waals surface area contributed by atoms with Crippen LogP contribution in [0.15, 0.2) is 12.2 Å². The van der Waals surface area contributed by atoms with Gasteiger partial charge in [-0.3, -0.25) is 52.7 Å². The number of ether oxygens (including phenoxy) is 1. The second kappa shape index (κ2) is 39.9. The molecule has 1 heterocycles. The van der Waals surface area contributed by atoms with E-state index in [4.69, 9.17) is 4.74 Å². The number of hydrogen-bond acceptors (Lipinski definition) is 15. The number of likely N-dealkylation sites (N-methyl/N-ethyl adjacent to an activating group) is 6. The van der Waals surface area contributed by atoms with Gasteiger partial charge in [0.1, 0.15) is 67.0 Å². The fourth-order valence-electron chi connectivity index (χ4n) is 11.1. The first kappa shape index (κ1) is 86.9. The zero-order chi connectivity index (χ0) is 74.3. The molecule has 1 fully saturated rings. The van der Waals surface area contributed by atoms with Gasteiger partial charge in [-0.05, 0) is 114 Å². The average Bonchev–Trinajstić information content (AvgIpc) is 0.815. The number of carbonyl (C=O) groups is 12. The molecule has 0 radical (unpaired) electrons. The summed E-state index contributed by atoms with van der Waals surface area (Å²) in [6, 6.07) is -14.6. The highest BCUT2D eigenvalue weighted by atomic mass is 19.4. The van der Waals surface area contributed by atoms with E-state index >= 15 is 9.59 Å². The van der Waals surface area contributed by atoms with Crippen molar-refractivity contribution in [3.8, 4) is 0 Å². The van der Waals surface area contributed by atoms with Gasteiger partial charge in [0.2, 0.25) is 65.0 Å². The Morgan fingerprint density at radius 3 is 1.40 bits per heavy atom. The van der Waals surface area contributed by atoms with Crippen molar-refractivity contribution >= 4 is 71.1 Å². The van der Waals surface area contributed by atoms with Crippen LogP contribution < -0.4 is 31.9 Å². The summed E-state index contributed by atoms with van der Waals surface area (Å²) >= 11 is 0. The zero-order valence-corrected chi connectivity index (χ0v) is 60.7. The second-order valence-electron chi connectivity index (χ2n) is 28.1. The smallest absolute Gasteiger partial charge is 0.407 e. The number of carbonyl (C=O) groups excluding carboxylic acids is 12. The van der Waals surface area contributed by atoms with Gasteiger partial charge in [-0.2, -0.15) is 13.2 Å². The Morgan fingerprint density at radius 2 is 0.948 bits per heavy atom. The van der Waals surface area contributed by atoms with E-state index in [-0.39, 0.29) is 74.5 Å². The lowest BCUT2D eigenvalue weighted by atomic mass is 9.91. The van der Waals surface area contributed by atoms with Crippen molar-refractivity contribution in [1.82, 2.24) is 61.3 Å². The number of alkyl carbamates (subject to hydrolysis) is 1. The van der Waals surface area contributed by atoms with Gasteiger partial charge in [-0.15, -0.1) is 0 Å². The number of aliphatic hydroxyl groups excluding tert-OH is 2. The predicted octanol–water partition coefficient (Wildman–Crippen LogP) is 2.95. The highest BCUT2D eigenvalue weighted by Gasteiger charge is 2.45. The Labute approximate surface area is 566 Å². The van der Waals surface area contributed by atoms with Crippen LogP contribution >= 0.6 is 0 Å². The molecule has 14 atom stereocenters. The summed E-state index contributed by atoms with van der Waals surface area (Å²) in [6.07, 6.45) is -6.18. The summed E-state index contributed by atoms with van der Waals surface area (Å²) in [5.41, 5.74) is 0. The third kappa shape index (κ3) is 27.8. The molecule has 12 amide bonds. The molecule has 0 aromatic rings. The minimum absolute atomic E-state index is 0.0554. The molecule has 0 bridgehead atoms. The Morgan fingerprint density at radius 1 is 0.531 bits per heavy atom. The Bertz CT molecular complexity index is 2660. The fraction of sp³-hybridized carbons (Fsp3) is 0.788. The monoisotopic (exact) mass is 1370 g/mol. The number of amides is 12. The van der Waals surface area contributed by atoms with Crippen LogP contribution in [-0.4, -0.2) is 251 Å². The number of hydrogen-bond donors (Lipinski definition) is 8. The van der Waals surface area contributed by atoms with Crippen molar-refractivity contribution in [2.75, 3.05) is 62.0 Å². The molecule has 1 unspecified atom stereocenters. The highest BCUT2D eigenvalue weighted by molar-refractivity contribution is 5.99. The summed E-state index contributed by atoms with van der Waals surface area (Å²) < 4.78 is 44.0. The third-order valence-electron chi connectivity index (χ3n) is 16.7. The molecule has 0 aliphatic carbocycles. The number of aliphatic hydroxyl groups is 2. The first-order valence-electron chi connectivity index (χ1n) is 33.2. The molecule has 0 saturated carbocycles. The van der Waals surface area contributed by atoms with Crippen molar-refractivity contribution in [2.45, 2.75) is 235 Å². The Hall–Kier alpha value is -7.11. The molecule has 30 heteroatoms. The van der Waals surface area contributed by atoms with Crippen molar-refractivity contribution in [3.05, 3.63) is 12.2 Å². The normalized spacial score (nSPS) is 25.8. The van der Waals surface area contributed by atoms with Crippen molar-refractivity contribution in [1.29, 1.82) is 0 Å². The third-order valence-corrected chi connectivity index (χ3v) is 16.7. The minimum atomic E-state index is -4.77. The lowest BCUT2D eigenvalue weighted by molar-refractivity contribution is -0.154. The van der Waals surface area contributed by atoms with Crippen LogP contribution in [0.2, 0.25) is 0 Å². The molecule has 8 N–H and O–H groups in total. The lowest BCUT2D eigenvalue weighted by Crippen LogP contribution is -2.64. The standard InChI is InChI=1S/C66H115F3N12O15/c1-23-24-25-41(13)54(84)53-59(89)75-52(44(16)82)64(94)76(17)32-51(83)77(18)47(28-37(6)7)57(87)73-45(26-35(2)3)61(91)79(20)48(29-38(8)9)56(86)71-42(14)55(85)72-43(15)60(90)78(19)49(31-40(12)33-96-65(95)70-34-66(67,68)69)58(88)74-46(27-36(4)5)62(92)80(21)50(30-39(10)11)63(93)81(53)22/h23-24,35-50,52-54,82,84H,25-34H2,1-22H3,(H,70,95)(H,71,86)(H,72,85)(H,73,87)(H,74,88)(H,75,89)/b24-23+/t40-,41+,42-,43+,44?,45-,46-,47-,48-,49-,50-,52-,53-,54+/m0/s1. The van der Waals surface area contributed by atoms with Crippen molar-refractivity contribution in [3.63, 3.8) is 0 Å². The second-order valence-corrected chi connectivity index (χ2v) is 28.1. The van der Waals surface area contributed by atoms with Crippen LogP contribution in [0.25, 0.3) is 0 Å². The summed E-state index contributed by atoms with van der Waals surface area (Å²) in [7, 11) is 7.69. The largest absolute Gasteiger partial charge is 0.449 e. The molecular weight excluding hydrogens is 1260 g/mol. The fourth-order valence-corrected chi connectivity index (χ4v) is 11.1. The number of rotatable bonds is 20.